The summed E-state index contributed by atoms with van der Waals surface area (Å²) in [6.45, 7) is 0. The lowest BCUT2D eigenvalue weighted by molar-refractivity contribution is 0.414. The fraction of sp³-hybridized carbons (Fsp3) is 0.250. The molecule has 2 aromatic carbocycles. The first-order valence-electron chi connectivity index (χ1n) is 6.53. The molecule has 0 bridgehead atoms. The van der Waals surface area contributed by atoms with Crippen LogP contribution in [-0.4, -0.2) is 0 Å². The Kier molecular flexibility index (Phi) is 2.10. The first kappa shape index (κ1) is 10.0. The van der Waals surface area contributed by atoms with E-state index in [9.17, 15) is 0 Å². The fourth-order valence-corrected chi connectivity index (χ4v) is 2.66. The Labute approximate surface area is 107 Å². The van der Waals surface area contributed by atoms with Gasteiger partial charge in [0.2, 0.25) is 0 Å². The molecule has 89 valence electrons. The van der Waals surface area contributed by atoms with Crippen molar-refractivity contribution in [3.05, 3.63) is 48.0 Å². The van der Waals surface area contributed by atoms with E-state index in [4.69, 9.17) is 10.1 Å². The second-order valence-corrected chi connectivity index (χ2v) is 5.00. The van der Waals surface area contributed by atoms with Crippen LogP contribution in [0.25, 0.3) is 0 Å². The Morgan fingerprint density at radius 2 is 1.78 bits per heavy atom. The first-order chi connectivity index (χ1) is 8.92. The molecule has 1 aliphatic carbocycles. The van der Waals surface area contributed by atoms with Crippen LogP contribution in [-0.2, 0) is 0 Å². The van der Waals surface area contributed by atoms with Crippen molar-refractivity contribution in [3.63, 3.8) is 0 Å². The van der Waals surface area contributed by atoms with E-state index in [0.717, 1.165) is 22.9 Å². The predicted molar refractivity (Wildman–Crippen MR) is 71.0 cm³/mol. The zero-order valence-electron chi connectivity index (χ0n) is 10.1. The van der Waals surface area contributed by atoms with Gasteiger partial charge in [-0.15, -0.1) is 0 Å². The molecule has 1 aliphatic heterocycles. The number of ether oxygens (including phenoxy) is 1. The average Bonchev–Trinajstić information content (AvgIpc) is 2.35. The molecule has 1 fully saturated rings. The number of benzene rings is 2. The summed E-state index contributed by atoms with van der Waals surface area (Å²) in [5, 5.41) is 4.79. The van der Waals surface area contributed by atoms with Gasteiger partial charge in [-0.2, -0.15) is 0 Å². The molecule has 0 atom stereocenters. The zero-order valence-corrected chi connectivity index (χ0v) is 10.1. The normalized spacial score (nSPS) is 16.9. The summed E-state index contributed by atoms with van der Waals surface area (Å²) in [6.07, 6.45) is 3.91. The topological polar surface area (TPSA) is 23.3 Å². The van der Waals surface area contributed by atoms with Crippen molar-refractivity contribution in [2.45, 2.75) is 25.2 Å². The number of nitrogens with zero attached hydrogens (tertiary/aromatic N) is 1. The molecule has 0 aromatic heterocycles. The lowest BCUT2D eigenvalue weighted by Crippen LogP contribution is -2.12. The van der Waals surface area contributed by atoms with Crippen molar-refractivity contribution in [2.24, 2.45) is 0 Å². The molecule has 4 rings (SSSR count). The quantitative estimate of drug-likeness (QED) is 0.604. The smallest absolute Gasteiger partial charge is 0.153 e. The van der Waals surface area contributed by atoms with Crippen LogP contribution in [0.2, 0.25) is 0 Å². The van der Waals surface area contributed by atoms with Crippen LogP contribution in [0.3, 0.4) is 0 Å². The maximum absolute atomic E-state index is 5.94. The molecule has 0 unspecified atom stereocenters. The van der Waals surface area contributed by atoms with Gasteiger partial charge in [-0.25, -0.2) is 5.32 Å². The van der Waals surface area contributed by atoms with Crippen molar-refractivity contribution in [1.82, 2.24) is 5.32 Å². The van der Waals surface area contributed by atoms with E-state index in [2.05, 4.69) is 12.1 Å². The zero-order chi connectivity index (χ0) is 11.9. The van der Waals surface area contributed by atoms with Crippen molar-refractivity contribution in [2.75, 3.05) is 0 Å². The van der Waals surface area contributed by atoms with E-state index in [1.54, 1.807) is 0 Å². The largest absolute Gasteiger partial charge is 0.453 e. The molecule has 2 nitrogen and oxygen atoms in total. The molecule has 0 amide bonds. The summed E-state index contributed by atoms with van der Waals surface area (Å²) in [5.74, 6) is 2.44. The second-order valence-electron chi connectivity index (χ2n) is 5.00. The van der Waals surface area contributed by atoms with Crippen LogP contribution >= 0.6 is 0 Å². The molecule has 0 saturated heterocycles. The highest BCUT2D eigenvalue weighted by Crippen LogP contribution is 2.48. The summed E-state index contributed by atoms with van der Waals surface area (Å²) in [7, 11) is 0. The molecular formula is C16H14NO. The van der Waals surface area contributed by atoms with Gasteiger partial charge >= 0.3 is 0 Å². The Morgan fingerprint density at radius 3 is 2.61 bits per heavy atom. The maximum Gasteiger partial charge on any atom is 0.153 e. The molecule has 2 aliphatic rings. The number of fused-ring (bicyclic) bond motifs is 2. The number of hydrogen-bond donors (Lipinski definition) is 0. The van der Waals surface area contributed by atoms with Crippen molar-refractivity contribution < 1.29 is 4.74 Å². The van der Waals surface area contributed by atoms with E-state index in [-0.39, 0.29) is 0 Å². The molecule has 18 heavy (non-hydrogen) atoms. The third-order valence-corrected chi connectivity index (χ3v) is 3.89. The van der Waals surface area contributed by atoms with Gasteiger partial charge in [0.15, 0.2) is 11.5 Å². The molecule has 0 N–H and O–H groups in total. The lowest BCUT2D eigenvalue weighted by Gasteiger charge is -2.30. The summed E-state index contributed by atoms with van der Waals surface area (Å²) in [6, 6.07) is 14.3. The van der Waals surface area contributed by atoms with E-state index in [0.29, 0.717) is 5.92 Å². The van der Waals surface area contributed by atoms with Crippen molar-refractivity contribution >= 4 is 11.4 Å². The average molecular weight is 236 g/mol. The minimum absolute atomic E-state index is 0.678. The van der Waals surface area contributed by atoms with Crippen LogP contribution in [0.15, 0.2) is 42.5 Å². The van der Waals surface area contributed by atoms with E-state index < -0.39 is 0 Å². The van der Waals surface area contributed by atoms with E-state index >= 15 is 0 Å². The molecular weight excluding hydrogens is 222 g/mol. The third kappa shape index (κ3) is 1.42. The SMILES string of the molecule is c1ccc2c(c1)[N]c1c(cccc1C1CCC1)O2. The first-order valence-corrected chi connectivity index (χ1v) is 6.53. The van der Waals surface area contributed by atoms with Gasteiger partial charge in [0, 0.05) is 0 Å². The van der Waals surface area contributed by atoms with Crippen molar-refractivity contribution in [3.8, 4) is 11.5 Å². The van der Waals surface area contributed by atoms with Gasteiger partial charge in [-0.1, -0.05) is 30.7 Å². The molecule has 2 heteroatoms. The summed E-state index contributed by atoms with van der Waals surface area (Å²) >= 11 is 0. The highest BCUT2D eigenvalue weighted by atomic mass is 16.5. The highest BCUT2D eigenvalue weighted by molar-refractivity contribution is 5.70. The fourth-order valence-electron chi connectivity index (χ4n) is 2.66. The van der Waals surface area contributed by atoms with Crippen LogP contribution in [0.4, 0.5) is 11.4 Å². The monoisotopic (exact) mass is 236 g/mol. The summed E-state index contributed by atoms with van der Waals surface area (Å²) in [4.78, 5) is 0. The Bertz CT molecular complexity index is 602. The standard InChI is InChI=1S/C16H14NO/c1-2-9-14-13(8-1)17-16-12(11-5-3-6-11)7-4-10-15(16)18-14/h1-2,4,7-11H,3,5-6H2. The molecule has 0 spiro atoms. The van der Waals surface area contributed by atoms with Crippen LogP contribution in [0, 0.1) is 0 Å². The number of para-hydroxylation sites is 3. The molecule has 2 aromatic rings. The predicted octanol–water partition coefficient (Wildman–Crippen LogP) is 4.63. The summed E-state index contributed by atoms with van der Waals surface area (Å²) < 4.78 is 5.94. The van der Waals surface area contributed by atoms with E-state index in [1.165, 1.54) is 24.8 Å². The Hall–Kier alpha value is -1.96. The summed E-state index contributed by atoms with van der Waals surface area (Å²) in [5.41, 5.74) is 3.34. The van der Waals surface area contributed by atoms with Gasteiger partial charge in [0.1, 0.15) is 11.4 Å². The van der Waals surface area contributed by atoms with Crippen molar-refractivity contribution in [1.29, 1.82) is 0 Å². The maximum atomic E-state index is 5.94. The van der Waals surface area contributed by atoms with Crippen LogP contribution < -0.4 is 10.1 Å². The second kappa shape index (κ2) is 3.77. The minimum atomic E-state index is 0.678. The van der Waals surface area contributed by atoms with Crippen LogP contribution in [0.1, 0.15) is 30.7 Å². The Morgan fingerprint density at radius 1 is 0.944 bits per heavy atom. The molecule has 1 radical (unpaired) electrons. The van der Waals surface area contributed by atoms with Gasteiger partial charge in [-0.05, 0) is 42.5 Å². The number of hydrogen-bond acceptors (Lipinski definition) is 1. The van der Waals surface area contributed by atoms with Gasteiger partial charge in [0.25, 0.3) is 0 Å². The minimum Gasteiger partial charge on any atom is -0.453 e. The number of rotatable bonds is 1. The molecule has 1 heterocycles. The van der Waals surface area contributed by atoms with E-state index in [1.807, 2.05) is 30.3 Å². The Balaban J connectivity index is 1.80. The van der Waals surface area contributed by atoms with Gasteiger partial charge < -0.3 is 4.74 Å². The van der Waals surface area contributed by atoms with Gasteiger partial charge in [0.05, 0.1) is 0 Å². The third-order valence-electron chi connectivity index (χ3n) is 3.89. The highest BCUT2D eigenvalue weighted by Gasteiger charge is 2.27. The molecule has 1 saturated carbocycles. The van der Waals surface area contributed by atoms with Gasteiger partial charge in [-0.3, -0.25) is 0 Å². The lowest BCUT2D eigenvalue weighted by atomic mass is 9.79. The van der Waals surface area contributed by atoms with Crippen LogP contribution in [0.5, 0.6) is 11.5 Å².